The molecule has 1 aliphatic heterocycles. The Bertz CT molecular complexity index is 1450. The van der Waals surface area contributed by atoms with Crippen LogP contribution in [0.2, 0.25) is 10.0 Å². The fourth-order valence-corrected chi connectivity index (χ4v) is 5.66. The first-order chi connectivity index (χ1) is 18.8. The highest BCUT2D eigenvalue weighted by molar-refractivity contribution is 6.39. The number of imidazole rings is 1. The molecule has 4 aromatic rings. The van der Waals surface area contributed by atoms with Crippen molar-refractivity contribution in [2.24, 2.45) is 11.8 Å². The second-order valence-corrected chi connectivity index (χ2v) is 11.0. The number of aliphatic hydroxyl groups is 1. The number of aromatic nitrogens is 4. The van der Waals surface area contributed by atoms with E-state index in [0.717, 1.165) is 43.6 Å². The second kappa shape index (κ2) is 12.1. The Morgan fingerprint density at radius 3 is 2.62 bits per heavy atom. The molecule has 2 aromatic carbocycles. The number of anilines is 1. The minimum atomic E-state index is -0.903. The van der Waals surface area contributed by atoms with Gasteiger partial charge in [0.1, 0.15) is 11.3 Å². The molecule has 3 heterocycles. The van der Waals surface area contributed by atoms with Gasteiger partial charge in [0.15, 0.2) is 17.3 Å². The zero-order valence-corrected chi connectivity index (χ0v) is 23.0. The molecule has 0 aliphatic carbocycles. The molecule has 3 N–H and O–H groups in total. The van der Waals surface area contributed by atoms with Gasteiger partial charge in [-0.2, -0.15) is 4.98 Å². The Hall–Kier alpha value is -2.85. The van der Waals surface area contributed by atoms with Crippen molar-refractivity contribution < 1.29 is 13.9 Å². The van der Waals surface area contributed by atoms with Gasteiger partial charge in [-0.1, -0.05) is 36.2 Å². The van der Waals surface area contributed by atoms with Gasteiger partial charge in [-0.3, -0.25) is 0 Å². The van der Waals surface area contributed by atoms with Crippen molar-refractivity contribution in [2.45, 2.75) is 39.3 Å². The summed E-state index contributed by atoms with van der Waals surface area (Å²) in [5, 5.41) is 17.0. The number of hydrogen-bond donors (Lipinski definition) is 3. The van der Waals surface area contributed by atoms with Crippen molar-refractivity contribution in [3.63, 3.8) is 0 Å². The van der Waals surface area contributed by atoms with E-state index in [4.69, 9.17) is 33.2 Å². The van der Waals surface area contributed by atoms with Crippen LogP contribution in [0, 0.1) is 23.5 Å². The Kier molecular flexibility index (Phi) is 8.61. The van der Waals surface area contributed by atoms with Gasteiger partial charge in [0, 0.05) is 19.7 Å². The zero-order valence-electron chi connectivity index (χ0n) is 21.5. The van der Waals surface area contributed by atoms with Crippen molar-refractivity contribution in [2.75, 3.05) is 25.0 Å². The smallest absolute Gasteiger partial charge is 0.225 e. The molecular weight excluding hydrogens is 545 g/mol. The fourth-order valence-electron chi connectivity index (χ4n) is 4.96. The predicted molar refractivity (Wildman–Crippen MR) is 150 cm³/mol. The average molecular weight is 575 g/mol. The first-order valence-corrected chi connectivity index (χ1v) is 13.8. The average Bonchev–Trinajstić information content (AvgIpc) is 3.26. The largest absolute Gasteiger partial charge is 0.396 e. The molecule has 206 valence electrons. The third kappa shape index (κ3) is 6.32. The summed E-state index contributed by atoms with van der Waals surface area (Å²) in [6, 6.07) is 7.51. The van der Waals surface area contributed by atoms with Gasteiger partial charge in [-0.05, 0) is 79.6 Å². The lowest BCUT2D eigenvalue weighted by molar-refractivity contribution is 0.237. The molecule has 0 amide bonds. The maximum absolute atomic E-state index is 13.6. The van der Waals surface area contributed by atoms with Crippen LogP contribution in [0.25, 0.3) is 22.6 Å². The maximum atomic E-state index is 13.6. The van der Waals surface area contributed by atoms with E-state index in [9.17, 15) is 13.9 Å². The summed E-state index contributed by atoms with van der Waals surface area (Å²) in [6.45, 7) is 4.80. The van der Waals surface area contributed by atoms with Gasteiger partial charge >= 0.3 is 0 Å². The van der Waals surface area contributed by atoms with Crippen LogP contribution in [0.5, 0.6) is 0 Å². The number of hydrogen-bond acceptors (Lipinski definition) is 6. The second-order valence-electron chi connectivity index (χ2n) is 10.2. The number of fused-ring (bicyclic) bond motifs is 1. The summed E-state index contributed by atoms with van der Waals surface area (Å²) < 4.78 is 29.0. The van der Waals surface area contributed by atoms with E-state index in [2.05, 4.69) is 15.6 Å². The summed E-state index contributed by atoms with van der Waals surface area (Å²) in [6.07, 6.45) is 4.44. The first kappa shape index (κ1) is 27.7. The van der Waals surface area contributed by atoms with Crippen LogP contribution in [0.4, 0.5) is 14.7 Å². The highest BCUT2D eigenvalue weighted by Crippen LogP contribution is 2.38. The van der Waals surface area contributed by atoms with Gasteiger partial charge in [0.25, 0.3) is 0 Å². The fraction of sp³-hybridized carbons (Fsp3) is 0.393. The van der Waals surface area contributed by atoms with Crippen LogP contribution in [0.15, 0.2) is 36.5 Å². The van der Waals surface area contributed by atoms with E-state index >= 15 is 0 Å². The lowest BCUT2D eigenvalue weighted by Crippen LogP contribution is -2.32. The SMILES string of the molecule is C[C@@H](CO)Cc1cc(Cl)c(-c2nc3cnc(NCc4ccc(F)c(F)c4)nc3n2CC2CCCNC2)c(Cl)c1. The molecule has 0 spiro atoms. The van der Waals surface area contributed by atoms with Crippen LogP contribution >= 0.6 is 23.2 Å². The standard InChI is InChI=1S/C28H30Cl2F2N6O/c1-16(15-39)7-19-8-20(29)25(21(30)9-19)27-36-24-13-35-28(34-12-17-4-5-22(31)23(32)10-17)37-26(24)38(27)14-18-3-2-6-33-11-18/h4-5,8-10,13,16,18,33,39H,2-3,6-7,11-12,14-15H2,1H3,(H,34,35,37)/t16-,18?/m1/s1. The molecule has 1 fully saturated rings. The summed E-state index contributed by atoms with van der Waals surface area (Å²) >= 11 is 13.6. The van der Waals surface area contributed by atoms with E-state index in [1.807, 2.05) is 23.6 Å². The highest BCUT2D eigenvalue weighted by atomic mass is 35.5. The monoisotopic (exact) mass is 574 g/mol. The molecule has 2 aromatic heterocycles. The summed E-state index contributed by atoms with van der Waals surface area (Å²) in [7, 11) is 0. The van der Waals surface area contributed by atoms with Crippen LogP contribution in [-0.2, 0) is 19.5 Å². The first-order valence-electron chi connectivity index (χ1n) is 13.0. The van der Waals surface area contributed by atoms with Crippen molar-refractivity contribution in [1.29, 1.82) is 0 Å². The Morgan fingerprint density at radius 1 is 1.13 bits per heavy atom. The molecule has 2 atom stereocenters. The molecule has 1 unspecified atom stereocenters. The van der Waals surface area contributed by atoms with E-state index in [-0.39, 0.29) is 19.1 Å². The normalized spacial score (nSPS) is 16.5. The summed E-state index contributed by atoms with van der Waals surface area (Å²) in [5.41, 5.74) is 3.35. The Morgan fingerprint density at radius 2 is 1.92 bits per heavy atom. The van der Waals surface area contributed by atoms with Crippen LogP contribution < -0.4 is 10.6 Å². The van der Waals surface area contributed by atoms with E-state index in [0.29, 0.717) is 63.0 Å². The summed E-state index contributed by atoms with van der Waals surface area (Å²) in [4.78, 5) is 14.0. The molecule has 1 saturated heterocycles. The van der Waals surface area contributed by atoms with E-state index < -0.39 is 11.6 Å². The molecule has 0 radical (unpaired) electrons. The summed E-state index contributed by atoms with van der Waals surface area (Å²) in [5.74, 6) is -0.394. The van der Waals surface area contributed by atoms with Gasteiger partial charge in [-0.25, -0.2) is 18.7 Å². The van der Waals surface area contributed by atoms with Crippen molar-refractivity contribution in [1.82, 2.24) is 24.8 Å². The Labute approximate surface area is 235 Å². The van der Waals surface area contributed by atoms with Gasteiger partial charge in [0.2, 0.25) is 5.95 Å². The number of aliphatic hydroxyl groups excluding tert-OH is 1. The zero-order chi connectivity index (χ0) is 27.5. The molecule has 0 bridgehead atoms. The quantitative estimate of drug-likeness (QED) is 0.232. The third-order valence-corrected chi connectivity index (χ3v) is 7.58. The number of benzene rings is 2. The molecule has 7 nitrogen and oxygen atoms in total. The highest BCUT2D eigenvalue weighted by Gasteiger charge is 2.24. The van der Waals surface area contributed by atoms with E-state index in [1.165, 1.54) is 6.07 Å². The predicted octanol–water partition coefficient (Wildman–Crippen LogP) is 5.86. The molecular formula is C28H30Cl2F2N6O. The van der Waals surface area contributed by atoms with E-state index in [1.54, 1.807) is 6.20 Å². The number of nitrogens with one attached hydrogen (secondary N) is 2. The van der Waals surface area contributed by atoms with Gasteiger partial charge in [-0.15, -0.1) is 0 Å². The minimum absolute atomic E-state index is 0.0767. The van der Waals surface area contributed by atoms with Crippen LogP contribution in [-0.4, -0.2) is 44.3 Å². The number of halogens is 4. The molecule has 5 rings (SSSR count). The Balaban J connectivity index is 1.52. The molecule has 39 heavy (non-hydrogen) atoms. The molecule has 1 aliphatic rings. The lowest BCUT2D eigenvalue weighted by Gasteiger charge is -2.24. The van der Waals surface area contributed by atoms with Crippen LogP contribution in [0.1, 0.15) is 30.9 Å². The van der Waals surface area contributed by atoms with Gasteiger partial charge in [0.05, 0.1) is 21.8 Å². The molecule has 11 heteroatoms. The number of piperidine rings is 1. The van der Waals surface area contributed by atoms with Crippen molar-refractivity contribution >= 4 is 40.3 Å². The number of nitrogens with zero attached hydrogens (tertiary/aromatic N) is 4. The minimum Gasteiger partial charge on any atom is -0.396 e. The van der Waals surface area contributed by atoms with Crippen molar-refractivity contribution in [3.05, 3.63) is 69.3 Å². The topological polar surface area (TPSA) is 87.9 Å². The van der Waals surface area contributed by atoms with Gasteiger partial charge < -0.3 is 20.3 Å². The lowest BCUT2D eigenvalue weighted by atomic mass is 9.99. The molecule has 0 saturated carbocycles. The maximum Gasteiger partial charge on any atom is 0.225 e. The van der Waals surface area contributed by atoms with Crippen molar-refractivity contribution in [3.8, 4) is 11.4 Å². The van der Waals surface area contributed by atoms with Crippen LogP contribution in [0.3, 0.4) is 0 Å². The third-order valence-electron chi connectivity index (χ3n) is 6.98. The number of rotatable bonds is 9.